The highest BCUT2D eigenvalue weighted by molar-refractivity contribution is 5.85. The van der Waals surface area contributed by atoms with Crippen LogP contribution in [-0.4, -0.2) is 9.97 Å². The maximum atomic E-state index is 7.71. The van der Waals surface area contributed by atoms with Crippen molar-refractivity contribution in [1.82, 2.24) is 9.97 Å². The second-order valence-electron chi connectivity index (χ2n) is 10.9. The second kappa shape index (κ2) is 13.5. The van der Waals surface area contributed by atoms with E-state index < -0.39 is 0 Å². The summed E-state index contributed by atoms with van der Waals surface area (Å²) in [7, 11) is 0. The van der Waals surface area contributed by atoms with E-state index in [1.807, 2.05) is 121 Å². The van der Waals surface area contributed by atoms with E-state index in [2.05, 4.69) is 68.0 Å². The van der Waals surface area contributed by atoms with Gasteiger partial charge in [0.25, 0.3) is 11.6 Å². The summed E-state index contributed by atoms with van der Waals surface area (Å²) in [4.78, 5) is 20.8. The largest absolute Gasteiger partial charge is 0.370 e. The summed E-state index contributed by atoms with van der Waals surface area (Å²) >= 11 is 0. The standard InChI is InChI=1S/C42H28N6/c1-43-41-42(44-2)46-40(32-25-29-38(30-26-32)48(35-19-11-5-12-20-35)36-21-13-6-14-22-36)39(45-41)31-23-27-37(28-24-31)47(33-15-7-3-8-16-33)34-17-9-4-10-18-34/h3-30H. The van der Waals surface area contributed by atoms with E-state index in [9.17, 15) is 0 Å². The molecular weight excluding hydrogens is 589 g/mol. The highest BCUT2D eigenvalue weighted by Crippen LogP contribution is 2.40. The average Bonchev–Trinajstić information content (AvgIpc) is 3.17. The molecule has 0 N–H and O–H groups in total. The first-order valence-electron chi connectivity index (χ1n) is 15.4. The first-order valence-corrected chi connectivity index (χ1v) is 15.4. The Morgan fingerprint density at radius 3 is 0.833 bits per heavy atom. The van der Waals surface area contributed by atoms with E-state index in [-0.39, 0.29) is 11.6 Å². The van der Waals surface area contributed by atoms with Crippen LogP contribution in [0.3, 0.4) is 0 Å². The smallest absolute Gasteiger partial charge is 0.294 e. The van der Waals surface area contributed by atoms with Gasteiger partial charge in [0.2, 0.25) is 11.4 Å². The van der Waals surface area contributed by atoms with Crippen LogP contribution in [0.2, 0.25) is 0 Å². The lowest BCUT2D eigenvalue weighted by Crippen LogP contribution is -2.09. The van der Waals surface area contributed by atoms with E-state index in [0.717, 1.165) is 45.3 Å². The van der Waals surface area contributed by atoms with Crippen molar-refractivity contribution in [1.29, 1.82) is 0 Å². The minimum absolute atomic E-state index is 0.0148. The van der Waals surface area contributed by atoms with Gasteiger partial charge in [0.05, 0.1) is 0 Å². The molecule has 1 heterocycles. The van der Waals surface area contributed by atoms with Gasteiger partial charge in [-0.15, -0.1) is 9.97 Å². The van der Waals surface area contributed by atoms with Crippen molar-refractivity contribution in [3.8, 4) is 22.5 Å². The number of aromatic nitrogens is 2. The first kappa shape index (κ1) is 29.7. The third-order valence-corrected chi connectivity index (χ3v) is 7.93. The Kier molecular flexibility index (Phi) is 8.37. The van der Waals surface area contributed by atoms with E-state index in [0.29, 0.717) is 11.4 Å². The molecule has 0 saturated carbocycles. The van der Waals surface area contributed by atoms with Crippen molar-refractivity contribution in [2.75, 3.05) is 9.80 Å². The molecule has 0 fully saturated rings. The van der Waals surface area contributed by atoms with Crippen LogP contribution in [0.25, 0.3) is 32.2 Å². The number of hydrogen-bond donors (Lipinski definition) is 0. The Morgan fingerprint density at radius 1 is 0.333 bits per heavy atom. The Labute approximate surface area is 280 Å². The van der Waals surface area contributed by atoms with Crippen LogP contribution in [0, 0.1) is 13.1 Å². The number of benzene rings is 6. The van der Waals surface area contributed by atoms with Crippen LogP contribution < -0.4 is 9.80 Å². The Hall–Kier alpha value is -7.02. The minimum atomic E-state index is -0.0148. The monoisotopic (exact) mass is 616 g/mol. The molecule has 0 amide bonds. The molecule has 0 bridgehead atoms. The molecule has 0 radical (unpaired) electrons. The van der Waals surface area contributed by atoms with Crippen LogP contribution >= 0.6 is 0 Å². The van der Waals surface area contributed by atoms with Crippen LogP contribution in [0.15, 0.2) is 170 Å². The van der Waals surface area contributed by atoms with Crippen molar-refractivity contribution in [3.63, 3.8) is 0 Å². The third kappa shape index (κ3) is 5.98. The molecule has 6 heteroatoms. The molecule has 7 rings (SSSR count). The molecule has 48 heavy (non-hydrogen) atoms. The van der Waals surface area contributed by atoms with Gasteiger partial charge in [-0.3, -0.25) is 0 Å². The molecule has 0 atom stereocenters. The molecule has 0 spiro atoms. The fourth-order valence-electron chi connectivity index (χ4n) is 5.71. The molecule has 0 unspecified atom stereocenters. The van der Waals surface area contributed by atoms with Crippen LogP contribution in [0.4, 0.5) is 45.8 Å². The number of hydrogen-bond acceptors (Lipinski definition) is 4. The van der Waals surface area contributed by atoms with Crippen LogP contribution in [0.5, 0.6) is 0 Å². The van der Waals surface area contributed by atoms with Crippen LogP contribution in [0.1, 0.15) is 0 Å². The Bertz CT molecular complexity index is 1980. The summed E-state index contributed by atoms with van der Waals surface area (Å²) in [5.41, 5.74) is 8.76. The van der Waals surface area contributed by atoms with Gasteiger partial charge in [0.15, 0.2) is 0 Å². The highest BCUT2D eigenvalue weighted by atomic mass is 15.1. The van der Waals surface area contributed by atoms with Gasteiger partial charge in [-0.05, 0) is 97.1 Å². The van der Waals surface area contributed by atoms with Crippen molar-refractivity contribution in [2.45, 2.75) is 0 Å². The molecule has 0 saturated heterocycles. The summed E-state index contributed by atoms with van der Waals surface area (Å²) in [6.07, 6.45) is 0. The van der Waals surface area contributed by atoms with E-state index >= 15 is 0 Å². The average molecular weight is 617 g/mol. The van der Waals surface area contributed by atoms with E-state index in [1.54, 1.807) is 0 Å². The fourth-order valence-corrected chi connectivity index (χ4v) is 5.71. The molecule has 0 aliphatic heterocycles. The highest BCUT2D eigenvalue weighted by Gasteiger charge is 2.24. The number of anilines is 6. The van der Waals surface area contributed by atoms with Gasteiger partial charge in [-0.25, -0.2) is 0 Å². The van der Waals surface area contributed by atoms with Crippen molar-refractivity contribution in [3.05, 3.63) is 193 Å². The number of rotatable bonds is 8. The fraction of sp³-hybridized carbons (Fsp3) is 0. The molecule has 6 nitrogen and oxygen atoms in total. The zero-order valence-corrected chi connectivity index (χ0v) is 25.8. The Morgan fingerprint density at radius 2 is 0.583 bits per heavy atom. The van der Waals surface area contributed by atoms with Gasteiger partial charge in [-0.2, -0.15) is 0 Å². The maximum absolute atomic E-state index is 7.71. The van der Waals surface area contributed by atoms with Crippen molar-refractivity contribution in [2.24, 2.45) is 0 Å². The van der Waals surface area contributed by atoms with Gasteiger partial charge in [-0.1, -0.05) is 85.9 Å². The predicted molar refractivity (Wildman–Crippen MR) is 195 cm³/mol. The van der Waals surface area contributed by atoms with Crippen molar-refractivity contribution >= 4 is 45.8 Å². The SMILES string of the molecule is [C-]#[N+]c1nc(-c2ccc(N(c3ccccc3)c3ccccc3)cc2)c(-c2ccc(N(c3ccccc3)c3ccccc3)cc2)nc1[N+]#[C-]. The molecule has 0 aliphatic rings. The molecule has 7 aromatic rings. The van der Waals surface area contributed by atoms with Crippen molar-refractivity contribution < 1.29 is 0 Å². The summed E-state index contributed by atoms with van der Waals surface area (Å²) in [6.45, 7) is 15.4. The number of para-hydroxylation sites is 4. The predicted octanol–water partition coefficient (Wildman–Crippen LogP) is 11.9. The zero-order valence-electron chi connectivity index (χ0n) is 25.8. The molecule has 6 aromatic carbocycles. The summed E-state index contributed by atoms with van der Waals surface area (Å²) in [6, 6.07) is 57.0. The lowest BCUT2D eigenvalue weighted by molar-refractivity contribution is 1.24. The summed E-state index contributed by atoms with van der Waals surface area (Å²) < 4.78 is 0. The molecular formula is C42H28N6. The third-order valence-electron chi connectivity index (χ3n) is 7.93. The van der Waals surface area contributed by atoms with Gasteiger partial charge < -0.3 is 19.5 Å². The molecule has 0 aliphatic carbocycles. The molecule has 226 valence electrons. The van der Waals surface area contributed by atoms with Gasteiger partial charge in [0, 0.05) is 45.3 Å². The minimum Gasteiger partial charge on any atom is -0.370 e. The maximum Gasteiger partial charge on any atom is 0.294 e. The lowest BCUT2D eigenvalue weighted by Gasteiger charge is -2.25. The summed E-state index contributed by atoms with van der Waals surface area (Å²) in [5, 5.41) is 0. The topological polar surface area (TPSA) is 41.0 Å². The first-order chi connectivity index (χ1) is 23.7. The summed E-state index contributed by atoms with van der Waals surface area (Å²) in [5.74, 6) is -0.0297. The van der Waals surface area contributed by atoms with Crippen LogP contribution in [-0.2, 0) is 0 Å². The number of nitrogens with zero attached hydrogens (tertiary/aromatic N) is 6. The Balaban J connectivity index is 1.30. The van der Waals surface area contributed by atoms with E-state index in [1.165, 1.54) is 0 Å². The molecule has 1 aromatic heterocycles. The zero-order chi connectivity index (χ0) is 32.7. The van der Waals surface area contributed by atoms with Gasteiger partial charge in [0.1, 0.15) is 0 Å². The normalized spacial score (nSPS) is 10.5. The second-order valence-corrected chi connectivity index (χ2v) is 10.9. The van der Waals surface area contributed by atoms with E-state index in [4.69, 9.17) is 23.1 Å². The van der Waals surface area contributed by atoms with Gasteiger partial charge >= 0.3 is 0 Å². The lowest BCUT2D eigenvalue weighted by atomic mass is 10.0. The quantitative estimate of drug-likeness (QED) is 0.159.